The quantitative estimate of drug-likeness (QED) is 0.641. The summed E-state index contributed by atoms with van der Waals surface area (Å²) >= 11 is 14.2. The van der Waals surface area contributed by atoms with Crippen LogP contribution in [0.4, 0.5) is 0 Å². The zero-order valence-electron chi connectivity index (χ0n) is 8.54. The van der Waals surface area contributed by atoms with Crippen molar-refractivity contribution in [3.05, 3.63) is 54.1 Å². The van der Waals surface area contributed by atoms with Gasteiger partial charge in [-0.2, -0.15) is 0 Å². The maximum atomic E-state index is 12.0. The Labute approximate surface area is 125 Å². The van der Waals surface area contributed by atoms with Gasteiger partial charge in [-0.3, -0.25) is 4.79 Å². The summed E-state index contributed by atoms with van der Waals surface area (Å²) in [6, 6.07) is 7.39. The Bertz CT molecular complexity index is 565. The third-order valence-electron chi connectivity index (χ3n) is 2.21. The number of Topliss-reactive ketones (excluding diaryl/α,β-unsaturated/α-hetero) is 1. The van der Waals surface area contributed by atoms with Gasteiger partial charge in [-0.15, -0.1) is 11.3 Å². The van der Waals surface area contributed by atoms with Crippen LogP contribution in [0.3, 0.4) is 0 Å². The maximum Gasteiger partial charge on any atom is 0.177 e. The highest BCUT2D eigenvalue weighted by molar-refractivity contribution is 9.10. The summed E-state index contributed by atoms with van der Waals surface area (Å²) in [6.07, 6.45) is 0.332. The van der Waals surface area contributed by atoms with Gasteiger partial charge in [0.15, 0.2) is 5.78 Å². The predicted octanol–water partition coefficient (Wildman–Crippen LogP) is 5.35. The van der Waals surface area contributed by atoms with Crippen LogP contribution in [0, 0.1) is 0 Å². The first-order valence-electron chi connectivity index (χ1n) is 4.77. The fourth-order valence-electron chi connectivity index (χ4n) is 1.38. The van der Waals surface area contributed by atoms with Gasteiger partial charge in [0, 0.05) is 25.8 Å². The van der Waals surface area contributed by atoms with E-state index in [9.17, 15) is 4.79 Å². The molecule has 88 valence electrons. The van der Waals surface area contributed by atoms with Crippen LogP contribution in [0.5, 0.6) is 0 Å². The van der Waals surface area contributed by atoms with Gasteiger partial charge in [-0.25, -0.2) is 0 Å². The number of hydrogen-bond acceptors (Lipinski definition) is 2. The molecule has 0 aliphatic rings. The summed E-state index contributed by atoms with van der Waals surface area (Å²) in [6.45, 7) is 0. The van der Waals surface area contributed by atoms with E-state index in [1.807, 2.05) is 23.6 Å². The van der Waals surface area contributed by atoms with Crippen LogP contribution in [0.25, 0.3) is 0 Å². The summed E-state index contributed by atoms with van der Waals surface area (Å²) in [5.74, 6) is 0.0879. The summed E-state index contributed by atoms with van der Waals surface area (Å²) in [5, 5.41) is 2.51. The van der Waals surface area contributed by atoms with Gasteiger partial charge < -0.3 is 0 Å². The van der Waals surface area contributed by atoms with Crippen LogP contribution in [0.15, 0.2) is 38.6 Å². The first-order chi connectivity index (χ1) is 8.06. The largest absolute Gasteiger partial charge is 0.293 e. The number of hydrogen-bond donors (Lipinski definition) is 0. The van der Waals surface area contributed by atoms with Crippen LogP contribution in [-0.4, -0.2) is 5.78 Å². The molecule has 0 spiro atoms. The van der Waals surface area contributed by atoms with Crippen LogP contribution in [-0.2, 0) is 6.42 Å². The minimum absolute atomic E-state index is 0.0879. The highest BCUT2D eigenvalue weighted by Crippen LogP contribution is 2.25. The summed E-state index contributed by atoms with van der Waals surface area (Å²) in [5.41, 5.74) is 0.851. The third kappa shape index (κ3) is 3.41. The zero-order chi connectivity index (χ0) is 12.4. The van der Waals surface area contributed by atoms with E-state index in [2.05, 4.69) is 31.9 Å². The lowest BCUT2D eigenvalue weighted by Gasteiger charge is -2.03. The Morgan fingerprint density at radius 2 is 2.00 bits per heavy atom. The molecule has 5 heteroatoms. The van der Waals surface area contributed by atoms with Crippen molar-refractivity contribution < 1.29 is 4.79 Å². The molecule has 0 aliphatic heterocycles. The molecule has 0 aliphatic carbocycles. The Balaban J connectivity index is 2.18. The van der Waals surface area contributed by atoms with Crippen molar-refractivity contribution in [2.24, 2.45) is 0 Å². The molecule has 0 amide bonds. The van der Waals surface area contributed by atoms with Crippen molar-refractivity contribution >= 4 is 60.6 Å². The molecule has 0 fully saturated rings. The molecular weight excluding hydrogens is 387 g/mol. The lowest BCUT2D eigenvalue weighted by molar-refractivity contribution is 0.0997. The molecule has 0 bridgehead atoms. The van der Waals surface area contributed by atoms with Gasteiger partial charge in [-0.05, 0) is 39.7 Å². The molecule has 0 saturated carbocycles. The molecule has 0 unspecified atom stereocenters. The molecule has 1 aromatic heterocycles. The van der Waals surface area contributed by atoms with Gasteiger partial charge in [0.2, 0.25) is 0 Å². The Kier molecular flexibility index (Phi) is 4.42. The highest BCUT2D eigenvalue weighted by Gasteiger charge is 2.11. The minimum atomic E-state index is 0.0879. The van der Waals surface area contributed by atoms with Gasteiger partial charge in [0.25, 0.3) is 0 Å². The van der Waals surface area contributed by atoms with Crippen LogP contribution in [0.2, 0.25) is 5.02 Å². The van der Waals surface area contributed by atoms with E-state index < -0.39 is 0 Å². The zero-order valence-corrected chi connectivity index (χ0v) is 13.3. The molecule has 1 aromatic carbocycles. The first-order valence-corrected chi connectivity index (χ1v) is 7.62. The van der Waals surface area contributed by atoms with E-state index in [0.717, 1.165) is 19.4 Å². The predicted molar refractivity (Wildman–Crippen MR) is 79.2 cm³/mol. The maximum absolute atomic E-state index is 12.0. The standard InChI is InChI=1S/C12H7Br2ClOS/c13-8-2-1-7(10(15)4-8)3-11(16)12-5-9(14)6-17-12/h1-2,4-6H,3H2. The SMILES string of the molecule is O=C(Cc1ccc(Br)cc1Cl)c1cc(Br)cs1. The van der Waals surface area contributed by atoms with E-state index in [4.69, 9.17) is 11.6 Å². The number of benzene rings is 1. The van der Waals surface area contributed by atoms with E-state index in [1.165, 1.54) is 11.3 Å². The van der Waals surface area contributed by atoms with Crippen molar-refractivity contribution in [3.8, 4) is 0 Å². The van der Waals surface area contributed by atoms with E-state index in [0.29, 0.717) is 11.4 Å². The van der Waals surface area contributed by atoms with Crippen LogP contribution >= 0.6 is 54.8 Å². The van der Waals surface area contributed by atoms with Crippen LogP contribution in [0.1, 0.15) is 15.2 Å². The summed E-state index contributed by atoms with van der Waals surface area (Å²) in [4.78, 5) is 12.7. The lowest BCUT2D eigenvalue weighted by atomic mass is 10.1. The van der Waals surface area contributed by atoms with Gasteiger partial charge in [0.05, 0.1) is 4.88 Å². The molecule has 1 nitrogen and oxygen atoms in total. The van der Waals surface area contributed by atoms with Crippen molar-refractivity contribution in [2.45, 2.75) is 6.42 Å². The number of thiophene rings is 1. The average Bonchev–Trinajstić information content (AvgIpc) is 2.69. The normalized spacial score (nSPS) is 10.5. The third-order valence-corrected chi connectivity index (χ3v) is 4.79. The summed E-state index contributed by atoms with van der Waals surface area (Å²) in [7, 11) is 0. The highest BCUT2D eigenvalue weighted by atomic mass is 79.9. The monoisotopic (exact) mass is 392 g/mol. The van der Waals surface area contributed by atoms with Gasteiger partial charge in [0.1, 0.15) is 0 Å². The molecule has 17 heavy (non-hydrogen) atoms. The number of halogens is 3. The fraction of sp³-hybridized carbons (Fsp3) is 0.0833. The fourth-order valence-corrected chi connectivity index (χ4v) is 3.49. The molecule has 2 aromatic rings. The molecular formula is C12H7Br2ClOS. The van der Waals surface area contributed by atoms with Crippen molar-refractivity contribution in [1.82, 2.24) is 0 Å². The number of ketones is 1. The Hall–Kier alpha value is -0.160. The van der Waals surface area contributed by atoms with Crippen molar-refractivity contribution in [2.75, 3.05) is 0 Å². The molecule has 0 N–H and O–H groups in total. The Morgan fingerprint density at radius 1 is 1.24 bits per heavy atom. The average molecular weight is 395 g/mol. The van der Waals surface area contributed by atoms with E-state index >= 15 is 0 Å². The number of carbonyl (C=O) groups excluding carboxylic acids is 1. The number of carbonyl (C=O) groups is 1. The molecule has 2 rings (SSSR count). The second kappa shape index (κ2) is 5.65. The van der Waals surface area contributed by atoms with Crippen LogP contribution < -0.4 is 0 Å². The minimum Gasteiger partial charge on any atom is -0.293 e. The second-order valence-corrected chi connectivity index (χ2v) is 6.61. The van der Waals surface area contributed by atoms with E-state index in [1.54, 1.807) is 6.07 Å². The second-order valence-electron chi connectivity index (χ2n) is 3.46. The van der Waals surface area contributed by atoms with Gasteiger partial charge in [-0.1, -0.05) is 33.6 Å². The number of rotatable bonds is 3. The lowest BCUT2D eigenvalue weighted by Crippen LogP contribution is -2.01. The Morgan fingerprint density at radius 3 is 2.59 bits per heavy atom. The molecule has 0 radical (unpaired) electrons. The van der Waals surface area contributed by atoms with Crippen molar-refractivity contribution in [3.63, 3.8) is 0 Å². The first kappa shape index (κ1) is 13.3. The molecule has 0 atom stereocenters. The smallest absolute Gasteiger partial charge is 0.177 e. The molecule has 0 saturated heterocycles. The topological polar surface area (TPSA) is 17.1 Å². The van der Waals surface area contributed by atoms with Crippen molar-refractivity contribution in [1.29, 1.82) is 0 Å². The molecule has 1 heterocycles. The van der Waals surface area contributed by atoms with E-state index in [-0.39, 0.29) is 5.78 Å². The van der Waals surface area contributed by atoms with Gasteiger partial charge >= 0.3 is 0 Å². The summed E-state index contributed by atoms with van der Waals surface area (Å²) < 4.78 is 1.85.